The van der Waals surface area contributed by atoms with Crippen molar-refractivity contribution in [1.82, 2.24) is 4.98 Å². The van der Waals surface area contributed by atoms with Crippen LogP contribution in [0.4, 0.5) is 5.69 Å². The van der Waals surface area contributed by atoms with Gasteiger partial charge >= 0.3 is 0 Å². The second kappa shape index (κ2) is 4.90. The zero-order valence-corrected chi connectivity index (χ0v) is 9.45. The first kappa shape index (κ1) is 10.8. The van der Waals surface area contributed by atoms with E-state index in [1.165, 1.54) is 0 Å². The first-order chi connectivity index (χ1) is 7.75. The fourth-order valence-electron chi connectivity index (χ4n) is 1.31. The number of hydrogen-bond donors (Lipinski definition) is 2. The topological polar surface area (TPSA) is 59.1 Å². The molecule has 1 aromatic heterocycles. The van der Waals surface area contributed by atoms with E-state index in [2.05, 4.69) is 4.98 Å². The highest BCUT2D eigenvalue weighted by atomic mass is 32.2. The number of hydrogen-bond acceptors (Lipinski definition) is 4. The molecule has 0 unspecified atom stereocenters. The lowest BCUT2D eigenvalue weighted by molar-refractivity contribution is 0.462. The maximum atomic E-state index is 9.58. The minimum Gasteiger partial charge on any atom is -0.507 e. The molecule has 1 heterocycles. The van der Waals surface area contributed by atoms with Gasteiger partial charge in [0.25, 0.3) is 0 Å². The number of aromatic nitrogens is 1. The van der Waals surface area contributed by atoms with Crippen LogP contribution in [0.5, 0.6) is 5.75 Å². The Morgan fingerprint density at radius 3 is 2.81 bits per heavy atom. The molecule has 82 valence electrons. The molecule has 3 nitrogen and oxygen atoms in total. The molecule has 2 aromatic rings. The van der Waals surface area contributed by atoms with Crippen LogP contribution in [0.15, 0.2) is 47.5 Å². The molecule has 16 heavy (non-hydrogen) atoms. The van der Waals surface area contributed by atoms with Crippen molar-refractivity contribution in [2.75, 3.05) is 5.73 Å². The molecule has 0 bridgehead atoms. The Morgan fingerprint density at radius 2 is 2.06 bits per heavy atom. The number of aromatic hydroxyl groups is 1. The zero-order valence-electron chi connectivity index (χ0n) is 8.63. The molecule has 2 rings (SSSR count). The number of benzene rings is 1. The molecule has 0 amide bonds. The largest absolute Gasteiger partial charge is 0.507 e. The number of nitrogens with two attached hydrogens (primary N) is 1. The van der Waals surface area contributed by atoms with Crippen LogP contribution in [0.25, 0.3) is 0 Å². The predicted molar refractivity (Wildman–Crippen MR) is 66.3 cm³/mol. The van der Waals surface area contributed by atoms with E-state index in [0.29, 0.717) is 17.2 Å². The molecule has 0 aliphatic carbocycles. The Balaban J connectivity index is 2.05. The van der Waals surface area contributed by atoms with Gasteiger partial charge in [0.15, 0.2) is 0 Å². The van der Waals surface area contributed by atoms with Crippen molar-refractivity contribution in [3.05, 3.63) is 48.3 Å². The fraction of sp³-hybridized carbons (Fsp3) is 0.0833. The Bertz CT molecular complexity index is 488. The number of anilines is 1. The summed E-state index contributed by atoms with van der Waals surface area (Å²) >= 11 is 1.54. The first-order valence-corrected chi connectivity index (χ1v) is 5.85. The zero-order chi connectivity index (χ0) is 11.4. The highest BCUT2D eigenvalue weighted by molar-refractivity contribution is 7.98. The summed E-state index contributed by atoms with van der Waals surface area (Å²) in [6.07, 6.45) is 1.69. The first-order valence-electron chi connectivity index (χ1n) is 4.87. The molecule has 1 aromatic carbocycles. The van der Waals surface area contributed by atoms with Gasteiger partial charge in [0.2, 0.25) is 0 Å². The van der Waals surface area contributed by atoms with Crippen molar-refractivity contribution >= 4 is 17.4 Å². The molecule has 0 radical (unpaired) electrons. The van der Waals surface area contributed by atoms with Crippen molar-refractivity contribution in [2.45, 2.75) is 10.6 Å². The van der Waals surface area contributed by atoms with Crippen LogP contribution in [0, 0.1) is 0 Å². The Hall–Kier alpha value is -1.68. The summed E-state index contributed by atoms with van der Waals surface area (Å²) in [6, 6.07) is 10.9. The average molecular weight is 232 g/mol. The molecule has 0 aliphatic heterocycles. The van der Waals surface area contributed by atoms with Crippen LogP contribution in [0.3, 0.4) is 0 Å². The summed E-state index contributed by atoms with van der Waals surface area (Å²) < 4.78 is 0. The van der Waals surface area contributed by atoms with Crippen molar-refractivity contribution in [1.29, 1.82) is 0 Å². The SMILES string of the molecule is Nc1ccnc(CSc2ccccc2O)c1. The summed E-state index contributed by atoms with van der Waals surface area (Å²) in [7, 11) is 0. The predicted octanol–water partition coefficient (Wildman–Crippen LogP) is 2.66. The van der Waals surface area contributed by atoms with Crippen molar-refractivity contribution in [3.8, 4) is 5.75 Å². The monoisotopic (exact) mass is 232 g/mol. The number of phenols is 1. The number of phenolic OH excluding ortho intramolecular Hbond substituents is 1. The summed E-state index contributed by atoms with van der Waals surface area (Å²) in [5.41, 5.74) is 7.28. The minimum absolute atomic E-state index is 0.302. The highest BCUT2D eigenvalue weighted by Gasteiger charge is 2.01. The van der Waals surface area contributed by atoms with Crippen LogP contribution in [-0.2, 0) is 5.75 Å². The van der Waals surface area contributed by atoms with Crippen LogP contribution in [0.1, 0.15) is 5.69 Å². The van der Waals surface area contributed by atoms with Crippen molar-refractivity contribution in [2.24, 2.45) is 0 Å². The van der Waals surface area contributed by atoms with E-state index >= 15 is 0 Å². The van der Waals surface area contributed by atoms with E-state index in [1.54, 1.807) is 36.2 Å². The van der Waals surface area contributed by atoms with E-state index in [0.717, 1.165) is 10.6 Å². The van der Waals surface area contributed by atoms with Gasteiger partial charge in [-0.15, -0.1) is 11.8 Å². The van der Waals surface area contributed by atoms with E-state index in [4.69, 9.17) is 5.73 Å². The number of pyridine rings is 1. The number of para-hydroxylation sites is 1. The van der Waals surface area contributed by atoms with E-state index in [-0.39, 0.29) is 0 Å². The summed E-state index contributed by atoms with van der Waals surface area (Å²) in [5.74, 6) is 0.999. The van der Waals surface area contributed by atoms with Crippen LogP contribution in [-0.4, -0.2) is 10.1 Å². The van der Waals surface area contributed by atoms with E-state index in [1.807, 2.05) is 18.2 Å². The maximum absolute atomic E-state index is 9.58. The summed E-state index contributed by atoms with van der Waals surface area (Å²) in [5, 5.41) is 9.58. The lowest BCUT2D eigenvalue weighted by atomic mass is 10.3. The summed E-state index contributed by atoms with van der Waals surface area (Å²) in [6.45, 7) is 0. The second-order valence-electron chi connectivity index (χ2n) is 3.34. The third kappa shape index (κ3) is 2.67. The molecular weight excluding hydrogens is 220 g/mol. The number of thioether (sulfide) groups is 1. The third-order valence-electron chi connectivity index (χ3n) is 2.08. The second-order valence-corrected chi connectivity index (χ2v) is 4.35. The highest BCUT2D eigenvalue weighted by Crippen LogP contribution is 2.29. The molecule has 4 heteroatoms. The molecule has 0 saturated carbocycles. The number of rotatable bonds is 3. The van der Waals surface area contributed by atoms with Crippen LogP contribution in [0.2, 0.25) is 0 Å². The summed E-state index contributed by atoms with van der Waals surface area (Å²) in [4.78, 5) is 5.06. The van der Waals surface area contributed by atoms with Gasteiger partial charge in [-0.1, -0.05) is 12.1 Å². The van der Waals surface area contributed by atoms with Crippen molar-refractivity contribution < 1.29 is 5.11 Å². The Kier molecular flexibility index (Phi) is 3.31. The normalized spacial score (nSPS) is 10.2. The fourth-order valence-corrected chi connectivity index (χ4v) is 2.16. The quantitative estimate of drug-likeness (QED) is 0.799. The Morgan fingerprint density at radius 1 is 1.25 bits per heavy atom. The van der Waals surface area contributed by atoms with E-state index < -0.39 is 0 Å². The van der Waals surface area contributed by atoms with Gasteiger partial charge < -0.3 is 10.8 Å². The van der Waals surface area contributed by atoms with Gasteiger partial charge in [-0.3, -0.25) is 4.98 Å². The molecular formula is C12H12N2OS. The maximum Gasteiger partial charge on any atom is 0.129 e. The molecule has 0 spiro atoms. The van der Waals surface area contributed by atoms with Gasteiger partial charge in [0.05, 0.1) is 5.69 Å². The third-order valence-corrected chi connectivity index (χ3v) is 3.18. The van der Waals surface area contributed by atoms with Gasteiger partial charge in [-0.05, 0) is 24.3 Å². The minimum atomic E-state index is 0.302. The van der Waals surface area contributed by atoms with Gasteiger partial charge in [-0.2, -0.15) is 0 Å². The van der Waals surface area contributed by atoms with Crippen molar-refractivity contribution in [3.63, 3.8) is 0 Å². The molecule has 0 aliphatic rings. The number of nitrogens with zero attached hydrogens (tertiary/aromatic N) is 1. The molecule has 0 saturated heterocycles. The van der Waals surface area contributed by atoms with E-state index in [9.17, 15) is 5.11 Å². The standard InChI is InChI=1S/C12H12N2OS/c13-9-5-6-14-10(7-9)8-16-12-4-2-1-3-11(12)15/h1-7,15H,8H2,(H2,13,14). The van der Waals surface area contributed by atoms with Crippen LogP contribution < -0.4 is 5.73 Å². The lowest BCUT2D eigenvalue weighted by Gasteiger charge is -2.03. The average Bonchev–Trinajstić information content (AvgIpc) is 2.28. The number of nitrogen functional groups attached to an aromatic ring is 1. The van der Waals surface area contributed by atoms with Crippen LogP contribution >= 0.6 is 11.8 Å². The Labute approximate surface area is 98.3 Å². The molecule has 3 N–H and O–H groups in total. The lowest BCUT2D eigenvalue weighted by Crippen LogP contribution is -1.90. The smallest absolute Gasteiger partial charge is 0.129 e. The van der Waals surface area contributed by atoms with Gasteiger partial charge in [0.1, 0.15) is 5.75 Å². The van der Waals surface area contributed by atoms with Gasteiger partial charge in [-0.25, -0.2) is 0 Å². The van der Waals surface area contributed by atoms with Gasteiger partial charge in [0, 0.05) is 22.5 Å². The molecule has 0 fully saturated rings. The molecule has 0 atom stereocenters.